The van der Waals surface area contributed by atoms with Crippen LogP contribution in [-0.2, 0) is 19.0 Å². The Bertz CT molecular complexity index is 453. The molecule has 0 aromatic heterocycles. The lowest BCUT2D eigenvalue weighted by Crippen LogP contribution is -2.36. The highest BCUT2D eigenvalue weighted by Crippen LogP contribution is 2.27. The van der Waals surface area contributed by atoms with Crippen molar-refractivity contribution in [2.75, 3.05) is 6.26 Å². The monoisotopic (exact) mass is 394 g/mol. The Morgan fingerprint density at radius 2 is 1.31 bits per heavy atom. The number of hydrogen-bond donors (Lipinski definition) is 2. The molecule has 7 heteroatoms. The molecule has 1 fully saturated rings. The number of hydrogen-bond acceptors (Lipinski definition) is 6. The largest absolute Gasteiger partial charge is 0.387 e. The maximum atomic E-state index is 11.2. The quantitative estimate of drug-likeness (QED) is 0.326. The van der Waals surface area contributed by atoms with Crippen molar-refractivity contribution >= 4 is 10.1 Å². The van der Waals surface area contributed by atoms with Crippen LogP contribution in [0.5, 0.6) is 0 Å². The first-order valence-corrected chi connectivity index (χ1v) is 12.1. The maximum absolute atomic E-state index is 11.2. The smallest absolute Gasteiger partial charge is 0.264 e. The summed E-state index contributed by atoms with van der Waals surface area (Å²) in [5, 5.41) is 19.8. The number of rotatable bonds is 15. The van der Waals surface area contributed by atoms with Gasteiger partial charge in [0.25, 0.3) is 10.1 Å². The van der Waals surface area contributed by atoms with Crippen LogP contribution < -0.4 is 0 Å². The standard InChI is InChI=1S/C19H38O6S/c1-3-4-5-6-7-8-9-10-11-12-13-14-15-16-17(20)18(19(21)24-16)25-26(2,22)23/h16-21H,3-15H2,1-2H3/t16-,17-,18+,19-/m1/s1. The van der Waals surface area contributed by atoms with E-state index in [9.17, 15) is 18.6 Å². The first-order chi connectivity index (χ1) is 12.3. The van der Waals surface area contributed by atoms with Crippen molar-refractivity contribution in [3.8, 4) is 0 Å². The lowest BCUT2D eigenvalue weighted by atomic mass is 10.0. The third-order valence-electron chi connectivity index (χ3n) is 4.94. The van der Waals surface area contributed by atoms with E-state index in [1.807, 2.05) is 0 Å². The van der Waals surface area contributed by atoms with Crippen molar-refractivity contribution in [3.63, 3.8) is 0 Å². The zero-order chi connectivity index (χ0) is 19.4. The van der Waals surface area contributed by atoms with Gasteiger partial charge < -0.3 is 14.9 Å². The van der Waals surface area contributed by atoms with Gasteiger partial charge in [-0.25, -0.2) is 0 Å². The molecule has 1 aliphatic rings. The van der Waals surface area contributed by atoms with Gasteiger partial charge in [-0.1, -0.05) is 84.0 Å². The van der Waals surface area contributed by atoms with Crippen LogP contribution in [0.3, 0.4) is 0 Å². The maximum Gasteiger partial charge on any atom is 0.264 e. The first kappa shape index (κ1) is 23.8. The average Bonchev–Trinajstić information content (AvgIpc) is 2.82. The Hall–Kier alpha value is -0.210. The third-order valence-corrected chi connectivity index (χ3v) is 5.51. The molecule has 1 heterocycles. The Balaban J connectivity index is 2.01. The number of ether oxygens (including phenoxy) is 1. The summed E-state index contributed by atoms with van der Waals surface area (Å²) in [6.45, 7) is 2.24. The van der Waals surface area contributed by atoms with Gasteiger partial charge in [-0.05, 0) is 6.42 Å². The SMILES string of the molecule is CCCCCCCCCCCCCC[C@H]1O[C@@H](O)[C@@H](OS(C)(=O)=O)[C@@H]1O. The molecule has 1 rings (SSSR count). The molecule has 0 aliphatic carbocycles. The fourth-order valence-electron chi connectivity index (χ4n) is 3.45. The lowest BCUT2D eigenvalue weighted by Gasteiger charge is -2.16. The molecule has 0 aromatic carbocycles. The van der Waals surface area contributed by atoms with Crippen LogP contribution >= 0.6 is 0 Å². The molecule has 0 aromatic rings. The van der Waals surface area contributed by atoms with Gasteiger partial charge in [0.15, 0.2) is 12.4 Å². The molecule has 1 saturated heterocycles. The first-order valence-electron chi connectivity index (χ1n) is 10.2. The predicted molar refractivity (Wildman–Crippen MR) is 102 cm³/mol. The third kappa shape index (κ3) is 10.2. The Kier molecular flexibility index (Phi) is 12.0. The van der Waals surface area contributed by atoms with E-state index in [0.717, 1.165) is 25.5 Å². The van der Waals surface area contributed by atoms with Gasteiger partial charge in [0.2, 0.25) is 0 Å². The van der Waals surface area contributed by atoms with Crippen molar-refractivity contribution in [3.05, 3.63) is 0 Å². The number of aliphatic hydroxyl groups is 2. The second-order valence-electron chi connectivity index (χ2n) is 7.50. The van der Waals surface area contributed by atoms with Crippen LogP contribution in [0.4, 0.5) is 0 Å². The molecule has 0 spiro atoms. The molecule has 156 valence electrons. The molecule has 0 saturated carbocycles. The van der Waals surface area contributed by atoms with Crippen LogP contribution in [0.15, 0.2) is 0 Å². The van der Waals surface area contributed by atoms with E-state index in [1.54, 1.807) is 0 Å². The highest BCUT2D eigenvalue weighted by atomic mass is 32.2. The van der Waals surface area contributed by atoms with Crippen LogP contribution in [0, 0.1) is 0 Å². The molecule has 1 aliphatic heterocycles. The second kappa shape index (κ2) is 13.0. The molecule has 0 bridgehead atoms. The average molecular weight is 395 g/mol. The van der Waals surface area contributed by atoms with Crippen molar-refractivity contribution in [1.82, 2.24) is 0 Å². The highest BCUT2D eigenvalue weighted by molar-refractivity contribution is 7.86. The molecule has 0 amide bonds. The topological polar surface area (TPSA) is 93.1 Å². The number of unbranched alkanes of at least 4 members (excludes halogenated alkanes) is 11. The molecule has 2 N–H and O–H groups in total. The van der Waals surface area contributed by atoms with E-state index >= 15 is 0 Å². The van der Waals surface area contributed by atoms with E-state index in [0.29, 0.717) is 6.42 Å². The van der Waals surface area contributed by atoms with E-state index in [2.05, 4.69) is 6.92 Å². The van der Waals surface area contributed by atoms with Crippen LogP contribution in [-0.4, -0.2) is 49.5 Å². The van der Waals surface area contributed by atoms with Gasteiger partial charge in [0.1, 0.15) is 6.10 Å². The normalized spacial score (nSPS) is 26.5. The molecular weight excluding hydrogens is 356 g/mol. The fourth-order valence-corrected chi connectivity index (χ4v) is 4.06. The van der Waals surface area contributed by atoms with Gasteiger partial charge in [-0.15, -0.1) is 0 Å². The molecule has 4 atom stereocenters. The molecular formula is C19H38O6S. The van der Waals surface area contributed by atoms with Gasteiger partial charge in [-0.2, -0.15) is 8.42 Å². The van der Waals surface area contributed by atoms with E-state index < -0.39 is 34.7 Å². The summed E-state index contributed by atoms with van der Waals surface area (Å²) in [4.78, 5) is 0. The molecule has 26 heavy (non-hydrogen) atoms. The van der Waals surface area contributed by atoms with Gasteiger partial charge in [0.05, 0.1) is 12.4 Å². The van der Waals surface area contributed by atoms with E-state index in [-0.39, 0.29) is 0 Å². The van der Waals surface area contributed by atoms with Gasteiger partial charge >= 0.3 is 0 Å². The van der Waals surface area contributed by atoms with E-state index in [4.69, 9.17) is 8.92 Å². The summed E-state index contributed by atoms with van der Waals surface area (Å²) in [6.07, 6.45) is 12.2. The zero-order valence-electron chi connectivity index (χ0n) is 16.4. The fraction of sp³-hybridized carbons (Fsp3) is 1.00. The zero-order valence-corrected chi connectivity index (χ0v) is 17.3. The Morgan fingerprint density at radius 1 is 0.846 bits per heavy atom. The molecule has 0 unspecified atom stereocenters. The minimum absolute atomic E-state index is 0.570. The minimum atomic E-state index is -3.74. The van der Waals surface area contributed by atoms with Crippen LogP contribution in [0.2, 0.25) is 0 Å². The Labute approximate surface area is 159 Å². The van der Waals surface area contributed by atoms with Crippen molar-refractivity contribution in [1.29, 1.82) is 0 Å². The Morgan fingerprint density at radius 3 is 1.77 bits per heavy atom. The molecule has 0 radical (unpaired) electrons. The summed E-state index contributed by atoms with van der Waals surface area (Å²) >= 11 is 0. The molecule has 6 nitrogen and oxygen atoms in total. The second-order valence-corrected chi connectivity index (χ2v) is 9.10. The number of aliphatic hydroxyl groups excluding tert-OH is 2. The van der Waals surface area contributed by atoms with E-state index in [1.165, 1.54) is 57.8 Å². The van der Waals surface area contributed by atoms with Gasteiger partial charge in [0, 0.05) is 0 Å². The summed E-state index contributed by atoms with van der Waals surface area (Å²) in [5.41, 5.74) is 0. The lowest BCUT2D eigenvalue weighted by molar-refractivity contribution is -0.121. The van der Waals surface area contributed by atoms with Crippen LogP contribution in [0.25, 0.3) is 0 Å². The summed E-state index contributed by atoms with van der Waals surface area (Å²) < 4.78 is 32.3. The van der Waals surface area contributed by atoms with Crippen molar-refractivity contribution in [2.24, 2.45) is 0 Å². The van der Waals surface area contributed by atoms with Crippen LogP contribution in [0.1, 0.15) is 90.4 Å². The summed E-state index contributed by atoms with van der Waals surface area (Å²) in [5.74, 6) is 0. The van der Waals surface area contributed by atoms with Crippen molar-refractivity contribution in [2.45, 2.75) is 115 Å². The minimum Gasteiger partial charge on any atom is -0.387 e. The van der Waals surface area contributed by atoms with Gasteiger partial charge in [-0.3, -0.25) is 4.18 Å². The highest BCUT2D eigenvalue weighted by Gasteiger charge is 2.45. The summed E-state index contributed by atoms with van der Waals surface area (Å²) in [6, 6.07) is 0. The summed E-state index contributed by atoms with van der Waals surface area (Å²) in [7, 11) is -3.74. The predicted octanol–water partition coefficient (Wildman–Crippen LogP) is 3.50. The van der Waals surface area contributed by atoms with Crippen molar-refractivity contribution < 1.29 is 27.6 Å².